The lowest BCUT2D eigenvalue weighted by Crippen LogP contribution is -2.53. The second-order valence-corrected chi connectivity index (χ2v) is 3.89. The van der Waals surface area contributed by atoms with Crippen LogP contribution in [0.5, 0.6) is 0 Å². The third kappa shape index (κ3) is 2.69. The number of nitrogens with one attached hydrogen (secondary N) is 1. The fraction of sp³-hybridized carbons (Fsp3) is 0.300. The molecule has 0 aromatic carbocycles. The van der Waals surface area contributed by atoms with Crippen LogP contribution in [-0.4, -0.2) is 22.3 Å². The summed E-state index contributed by atoms with van der Waals surface area (Å²) in [5.41, 5.74) is 9.59. The summed E-state index contributed by atoms with van der Waals surface area (Å²) in [6.07, 6.45) is 0. The zero-order chi connectivity index (χ0) is 12.3. The Morgan fingerprint density at radius 1 is 1.38 bits per heavy atom. The first kappa shape index (κ1) is 12.0. The Morgan fingerprint density at radius 3 is 2.50 bits per heavy atom. The Labute approximate surface area is 93.0 Å². The summed E-state index contributed by atoms with van der Waals surface area (Å²) in [4.78, 5) is 26.5. The van der Waals surface area contributed by atoms with E-state index in [2.05, 4.69) is 10.3 Å². The second-order valence-electron chi connectivity index (χ2n) is 3.89. The molecule has 6 nitrogen and oxygen atoms in total. The molecule has 0 bridgehead atoms. The van der Waals surface area contributed by atoms with Gasteiger partial charge in [0.05, 0.1) is 0 Å². The highest BCUT2D eigenvalue weighted by Crippen LogP contribution is 2.05. The van der Waals surface area contributed by atoms with Crippen molar-refractivity contribution in [3.8, 4) is 0 Å². The third-order valence-electron chi connectivity index (χ3n) is 2.05. The van der Waals surface area contributed by atoms with Crippen molar-refractivity contribution in [3.63, 3.8) is 0 Å². The van der Waals surface area contributed by atoms with Crippen molar-refractivity contribution in [2.75, 3.05) is 5.73 Å². The first-order valence-corrected chi connectivity index (χ1v) is 4.68. The molecule has 0 saturated carbocycles. The van der Waals surface area contributed by atoms with Crippen LogP contribution in [0.1, 0.15) is 24.3 Å². The van der Waals surface area contributed by atoms with Gasteiger partial charge in [0.25, 0.3) is 5.91 Å². The van der Waals surface area contributed by atoms with Crippen LogP contribution < -0.4 is 16.8 Å². The van der Waals surface area contributed by atoms with Crippen LogP contribution in [0.2, 0.25) is 0 Å². The van der Waals surface area contributed by atoms with E-state index in [0.717, 1.165) is 0 Å². The minimum Gasteiger partial charge on any atom is -0.384 e. The summed E-state index contributed by atoms with van der Waals surface area (Å²) in [6.45, 7) is 3.03. The molecule has 16 heavy (non-hydrogen) atoms. The molecule has 1 aromatic rings. The predicted octanol–water partition coefficient (Wildman–Crippen LogP) is -0.342. The molecule has 1 aromatic heterocycles. The zero-order valence-electron chi connectivity index (χ0n) is 9.15. The standard InChI is InChI=1S/C10H14N4O2/c1-10(2,9(12)16)14-8(15)6-4-3-5-7(11)13-6/h3-5H,1-2H3,(H2,11,13)(H2,12,16)(H,14,15). The van der Waals surface area contributed by atoms with Crippen molar-refractivity contribution in [1.29, 1.82) is 0 Å². The summed E-state index contributed by atoms with van der Waals surface area (Å²) in [6, 6.07) is 4.67. The van der Waals surface area contributed by atoms with E-state index in [4.69, 9.17) is 11.5 Å². The van der Waals surface area contributed by atoms with Crippen molar-refractivity contribution in [3.05, 3.63) is 23.9 Å². The average Bonchev–Trinajstić information content (AvgIpc) is 2.16. The number of anilines is 1. The molecule has 0 radical (unpaired) electrons. The second kappa shape index (κ2) is 4.18. The Bertz CT molecular complexity index is 429. The summed E-state index contributed by atoms with van der Waals surface area (Å²) >= 11 is 0. The van der Waals surface area contributed by atoms with Crippen molar-refractivity contribution in [2.24, 2.45) is 5.73 Å². The lowest BCUT2D eigenvalue weighted by molar-refractivity contribution is -0.122. The lowest BCUT2D eigenvalue weighted by Gasteiger charge is -2.21. The molecule has 0 aliphatic carbocycles. The number of amides is 2. The highest BCUT2D eigenvalue weighted by molar-refractivity contribution is 5.97. The molecule has 0 spiro atoms. The molecule has 1 heterocycles. The smallest absolute Gasteiger partial charge is 0.270 e. The number of primary amides is 1. The van der Waals surface area contributed by atoms with Crippen molar-refractivity contribution in [1.82, 2.24) is 10.3 Å². The minimum absolute atomic E-state index is 0.148. The van der Waals surface area contributed by atoms with Gasteiger partial charge in [0, 0.05) is 0 Å². The number of carbonyl (C=O) groups is 2. The van der Waals surface area contributed by atoms with E-state index >= 15 is 0 Å². The molecule has 0 unspecified atom stereocenters. The van der Waals surface area contributed by atoms with Crippen molar-refractivity contribution >= 4 is 17.6 Å². The monoisotopic (exact) mass is 222 g/mol. The Balaban J connectivity index is 2.85. The number of rotatable bonds is 3. The number of carbonyl (C=O) groups excluding carboxylic acids is 2. The summed E-state index contributed by atoms with van der Waals surface area (Å²) in [7, 11) is 0. The maximum absolute atomic E-state index is 11.7. The van der Waals surface area contributed by atoms with Gasteiger partial charge in [0.2, 0.25) is 5.91 Å². The predicted molar refractivity (Wildman–Crippen MR) is 59.4 cm³/mol. The molecule has 0 atom stereocenters. The topological polar surface area (TPSA) is 111 Å². The highest BCUT2D eigenvalue weighted by atomic mass is 16.2. The Kier molecular flexibility index (Phi) is 3.12. The number of nitrogen functional groups attached to an aromatic ring is 1. The third-order valence-corrected chi connectivity index (χ3v) is 2.05. The zero-order valence-corrected chi connectivity index (χ0v) is 9.15. The molecule has 0 saturated heterocycles. The fourth-order valence-electron chi connectivity index (χ4n) is 0.987. The van der Waals surface area contributed by atoms with Gasteiger partial charge in [-0.15, -0.1) is 0 Å². The van der Waals surface area contributed by atoms with E-state index in [9.17, 15) is 9.59 Å². The normalized spacial score (nSPS) is 10.9. The van der Waals surface area contributed by atoms with Gasteiger partial charge in [0.15, 0.2) is 0 Å². The van der Waals surface area contributed by atoms with Crippen LogP contribution in [-0.2, 0) is 4.79 Å². The van der Waals surface area contributed by atoms with Gasteiger partial charge in [-0.25, -0.2) is 4.98 Å². The maximum atomic E-state index is 11.7. The quantitative estimate of drug-likeness (QED) is 0.649. The largest absolute Gasteiger partial charge is 0.384 e. The van der Waals surface area contributed by atoms with Crippen molar-refractivity contribution in [2.45, 2.75) is 19.4 Å². The van der Waals surface area contributed by atoms with Crippen LogP contribution in [0.3, 0.4) is 0 Å². The molecule has 2 amide bonds. The molecule has 0 aliphatic rings. The number of pyridine rings is 1. The number of hydrogen-bond donors (Lipinski definition) is 3. The lowest BCUT2D eigenvalue weighted by atomic mass is 10.1. The van der Waals surface area contributed by atoms with E-state index in [1.807, 2.05) is 0 Å². The molecular weight excluding hydrogens is 208 g/mol. The SMILES string of the molecule is CC(C)(NC(=O)c1cccc(N)n1)C(N)=O. The Morgan fingerprint density at radius 2 is 2.00 bits per heavy atom. The Hall–Kier alpha value is -2.11. The molecule has 0 aliphatic heterocycles. The summed E-state index contributed by atoms with van der Waals surface area (Å²) in [5.74, 6) is -0.870. The molecule has 6 heteroatoms. The number of nitrogens with zero attached hydrogens (tertiary/aromatic N) is 1. The summed E-state index contributed by atoms with van der Waals surface area (Å²) in [5, 5.41) is 2.47. The number of aromatic nitrogens is 1. The molecule has 5 N–H and O–H groups in total. The van der Waals surface area contributed by atoms with Gasteiger partial charge in [-0.3, -0.25) is 9.59 Å². The van der Waals surface area contributed by atoms with Crippen LogP contribution in [0.4, 0.5) is 5.82 Å². The molecule has 86 valence electrons. The van der Waals surface area contributed by atoms with Gasteiger partial charge in [-0.1, -0.05) is 6.07 Å². The van der Waals surface area contributed by atoms with E-state index in [1.54, 1.807) is 12.1 Å². The molecule has 0 fully saturated rings. The highest BCUT2D eigenvalue weighted by Gasteiger charge is 2.27. The molecular formula is C10H14N4O2. The summed E-state index contributed by atoms with van der Waals surface area (Å²) < 4.78 is 0. The molecule has 1 rings (SSSR count). The fourth-order valence-corrected chi connectivity index (χ4v) is 0.987. The number of hydrogen-bond acceptors (Lipinski definition) is 4. The van der Waals surface area contributed by atoms with Crippen LogP contribution in [0, 0.1) is 0 Å². The van der Waals surface area contributed by atoms with E-state index in [-0.39, 0.29) is 11.5 Å². The average molecular weight is 222 g/mol. The minimum atomic E-state index is -1.12. The van der Waals surface area contributed by atoms with Gasteiger partial charge in [0.1, 0.15) is 17.1 Å². The van der Waals surface area contributed by atoms with Gasteiger partial charge in [-0.2, -0.15) is 0 Å². The first-order valence-electron chi connectivity index (χ1n) is 4.68. The van der Waals surface area contributed by atoms with Crippen LogP contribution in [0.25, 0.3) is 0 Å². The van der Waals surface area contributed by atoms with Crippen molar-refractivity contribution < 1.29 is 9.59 Å². The van der Waals surface area contributed by atoms with Gasteiger partial charge >= 0.3 is 0 Å². The van der Waals surface area contributed by atoms with E-state index in [1.165, 1.54) is 19.9 Å². The van der Waals surface area contributed by atoms with Crippen LogP contribution >= 0.6 is 0 Å². The first-order chi connectivity index (χ1) is 7.33. The maximum Gasteiger partial charge on any atom is 0.270 e. The van der Waals surface area contributed by atoms with E-state index in [0.29, 0.717) is 0 Å². The van der Waals surface area contributed by atoms with Gasteiger partial charge in [-0.05, 0) is 26.0 Å². The van der Waals surface area contributed by atoms with Gasteiger partial charge < -0.3 is 16.8 Å². The van der Waals surface area contributed by atoms with Crippen LogP contribution in [0.15, 0.2) is 18.2 Å². The van der Waals surface area contributed by atoms with E-state index < -0.39 is 17.4 Å². The number of nitrogens with two attached hydrogens (primary N) is 2.